The molecule has 1 spiro atoms. The van der Waals surface area contributed by atoms with Crippen LogP contribution in [-0.4, -0.2) is 69.4 Å². The van der Waals surface area contributed by atoms with Crippen molar-refractivity contribution in [3.63, 3.8) is 0 Å². The van der Waals surface area contributed by atoms with Crippen LogP contribution in [0.3, 0.4) is 0 Å². The predicted molar refractivity (Wildman–Crippen MR) is 236 cm³/mol. The van der Waals surface area contributed by atoms with E-state index in [0.717, 1.165) is 36.8 Å². The number of carbonyl (C=O) groups is 3. The monoisotopic (exact) mass is 845 g/mol. The van der Waals surface area contributed by atoms with Crippen molar-refractivity contribution in [1.82, 2.24) is 10.2 Å². The Bertz CT molecular complexity index is 2500. The van der Waals surface area contributed by atoms with Gasteiger partial charge in [0.05, 0.1) is 30.7 Å². The summed E-state index contributed by atoms with van der Waals surface area (Å²) in [7, 11) is 0. The minimum absolute atomic E-state index is 0.0768. The number of aliphatic hydroxyl groups is 3. The molecule has 1 saturated carbocycles. The standard InChI is InChI=1S/C52H51N3O8/c56-30-31-62-39-23-21-38(22-24-39)47-52(40-32-34(20-25-41(40)54-50(52)60)26-29-51(61)27-12-1-2-13-28-51)43(48(58)53-33-42(57)35-14-6-3-7-15-35)45-49(59)63-46(37-18-10-5-11-19-37)44(55(45)47)36-16-8-4-9-17-36/h3-11,14-25,32,42-47,56-57,61H,1-2,12-13,27-28,30-31,33H2,(H,53,58)(H,54,60). The zero-order chi connectivity index (χ0) is 43.6. The van der Waals surface area contributed by atoms with Crippen molar-refractivity contribution >= 4 is 23.5 Å². The molecule has 11 nitrogen and oxygen atoms in total. The smallest absolute Gasteiger partial charge is 0.324 e. The van der Waals surface area contributed by atoms with Crippen LogP contribution in [0.2, 0.25) is 0 Å². The second-order valence-electron chi connectivity index (χ2n) is 17.0. The second-order valence-corrected chi connectivity index (χ2v) is 17.0. The van der Waals surface area contributed by atoms with Crippen LogP contribution in [0, 0.1) is 17.8 Å². The molecule has 4 aliphatic rings. The van der Waals surface area contributed by atoms with Gasteiger partial charge in [0.25, 0.3) is 0 Å². The van der Waals surface area contributed by atoms with Crippen LogP contribution in [0.1, 0.15) is 96.2 Å². The van der Waals surface area contributed by atoms with Gasteiger partial charge >= 0.3 is 5.97 Å². The summed E-state index contributed by atoms with van der Waals surface area (Å²) in [6, 6.07) is 37.7. The van der Waals surface area contributed by atoms with Crippen molar-refractivity contribution in [3.8, 4) is 17.6 Å². The topological polar surface area (TPSA) is 158 Å². The minimum Gasteiger partial charge on any atom is -0.491 e. The number of ether oxygens (including phenoxy) is 2. The Morgan fingerprint density at radius 2 is 1.48 bits per heavy atom. The van der Waals surface area contributed by atoms with E-state index >= 15 is 14.4 Å². The van der Waals surface area contributed by atoms with Gasteiger partial charge < -0.3 is 35.4 Å². The van der Waals surface area contributed by atoms with E-state index in [4.69, 9.17) is 9.47 Å². The number of aliphatic hydroxyl groups excluding tert-OH is 2. The van der Waals surface area contributed by atoms with Gasteiger partial charge in [-0.25, -0.2) is 0 Å². The van der Waals surface area contributed by atoms with Gasteiger partial charge in [0.2, 0.25) is 11.8 Å². The second kappa shape index (κ2) is 17.8. The molecule has 9 rings (SSSR count). The number of hydrogen-bond donors (Lipinski definition) is 5. The minimum atomic E-state index is -1.77. The summed E-state index contributed by atoms with van der Waals surface area (Å²) in [6.07, 6.45) is 3.03. The van der Waals surface area contributed by atoms with E-state index in [2.05, 4.69) is 22.5 Å². The molecular formula is C52H51N3O8. The summed E-state index contributed by atoms with van der Waals surface area (Å²) < 4.78 is 12.3. The molecule has 11 heteroatoms. The van der Waals surface area contributed by atoms with Crippen LogP contribution >= 0.6 is 0 Å². The van der Waals surface area contributed by atoms with E-state index in [1.165, 1.54) is 0 Å². The average Bonchev–Trinajstić information content (AvgIpc) is 3.68. The molecule has 3 fully saturated rings. The number of amides is 2. The SMILES string of the molecule is O=C1OC(c2ccccc2)C(c2ccccc2)N2C1C(C(=O)NCC(O)c1ccccc1)C1(C(=O)Nc3ccc(C#CC4(O)CCCCCC4)cc31)C2c1ccc(OCCO)cc1. The summed E-state index contributed by atoms with van der Waals surface area (Å²) in [4.78, 5) is 48.0. The van der Waals surface area contributed by atoms with Gasteiger partial charge in [-0.05, 0) is 83.8 Å². The van der Waals surface area contributed by atoms with E-state index in [1.54, 1.807) is 48.5 Å². The lowest BCUT2D eigenvalue weighted by molar-refractivity contribution is -0.178. The molecule has 0 aromatic heterocycles. The Labute approximate surface area is 367 Å². The first kappa shape index (κ1) is 42.0. The van der Waals surface area contributed by atoms with Crippen molar-refractivity contribution < 1.29 is 39.2 Å². The van der Waals surface area contributed by atoms with Gasteiger partial charge in [-0.15, -0.1) is 0 Å². The Hall–Kier alpha value is -6.29. The van der Waals surface area contributed by atoms with Crippen molar-refractivity contribution in [1.29, 1.82) is 0 Å². The fraction of sp³-hybridized carbons (Fsp3) is 0.327. The first-order valence-corrected chi connectivity index (χ1v) is 21.9. The Morgan fingerprint density at radius 1 is 0.825 bits per heavy atom. The lowest BCUT2D eigenvalue weighted by Gasteiger charge is -2.46. The molecule has 1 aliphatic carbocycles. The maximum Gasteiger partial charge on any atom is 0.324 e. The van der Waals surface area contributed by atoms with Crippen LogP contribution < -0.4 is 15.4 Å². The number of cyclic esters (lactones) is 1. The lowest BCUT2D eigenvalue weighted by atomic mass is 9.65. The van der Waals surface area contributed by atoms with Gasteiger partial charge in [0.1, 0.15) is 35.5 Å². The maximum absolute atomic E-state index is 15.5. The zero-order valence-electron chi connectivity index (χ0n) is 34.9. The number of benzene rings is 5. The molecule has 7 atom stereocenters. The Kier molecular flexibility index (Phi) is 11.9. The van der Waals surface area contributed by atoms with Crippen molar-refractivity contribution in [3.05, 3.63) is 167 Å². The van der Waals surface area contributed by atoms with Crippen molar-refractivity contribution in [2.24, 2.45) is 5.92 Å². The van der Waals surface area contributed by atoms with Crippen LogP contribution in [-0.2, 0) is 24.5 Å². The highest BCUT2D eigenvalue weighted by Crippen LogP contribution is 2.65. The molecule has 0 bridgehead atoms. The number of nitrogens with one attached hydrogen (secondary N) is 2. The normalized spacial score (nSPS) is 25.3. The number of rotatable bonds is 10. The van der Waals surface area contributed by atoms with Gasteiger partial charge in [-0.3, -0.25) is 19.3 Å². The van der Waals surface area contributed by atoms with E-state index in [1.807, 2.05) is 89.8 Å². The summed E-state index contributed by atoms with van der Waals surface area (Å²) >= 11 is 0. The summed E-state index contributed by atoms with van der Waals surface area (Å²) in [6.45, 7) is -0.292. The Balaban J connectivity index is 1.27. The average molecular weight is 846 g/mol. The third-order valence-corrected chi connectivity index (χ3v) is 13.2. The number of morpholine rings is 1. The predicted octanol–water partition coefficient (Wildman–Crippen LogP) is 6.62. The third-order valence-electron chi connectivity index (χ3n) is 13.2. The molecule has 5 aromatic carbocycles. The number of nitrogens with zero attached hydrogens (tertiary/aromatic N) is 1. The summed E-state index contributed by atoms with van der Waals surface area (Å²) in [5.41, 5.74) is 1.33. The number of esters is 1. The summed E-state index contributed by atoms with van der Waals surface area (Å²) in [5, 5.41) is 38.5. The molecule has 3 aliphatic heterocycles. The molecule has 5 aromatic rings. The highest BCUT2D eigenvalue weighted by molar-refractivity contribution is 6.12. The quantitative estimate of drug-likeness (QED) is 0.0593. The lowest BCUT2D eigenvalue weighted by Crippen LogP contribution is -2.55. The maximum atomic E-state index is 15.5. The van der Waals surface area contributed by atoms with Crippen molar-refractivity contribution in [2.45, 2.75) is 79.9 Å². The van der Waals surface area contributed by atoms with Crippen LogP contribution in [0.4, 0.5) is 5.69 Å². The number of hydrogen-bond acceptors (Lipinski definition) is 9. The molecule has 322 valence electrons. The van der Waals surface area contributed by atoms with Gasteiger partial charge in [0, 0.05) is 17.8 Å². The highest BCUT2D eigenvalue weighted by atomic mass is 16.6. The number of fused-ring (bicyclic) bond motifs is 3. The number of anilines is 1. The van der Waals surface area contributed by atoms with E-state index in [9.17, 15) is 15.3 Å². The van der Waals surface area contributed by atoms with Gasteiger partial charge in [-0.1, -0.05) is 128 Å². The molecule has 2 amide bonds. The van der Waals surface area contributed by atoms with Gasteiger partial charge in [-0.2, -0.15) is 0 Å². The fourth-order valence-electron chi connectivity index (χ4n) is 10.3. The van der Waals surface area contributed by atoms with E-state index in [-0.39, 0.29) is 19.8 Å². The first-order chi connectivity index (χ1) is 30.7. The molecule has 63 heavy (non-hydrogen) atoms. The van der Waals surface area contributed by atoms with Crippen LogP contribution in [0.25, 0.3) is 0 Å². The molecule has 7 unspecified atom stereocenters. The van der Waals surface area contributed by atoms with Gasteiger partial charge in [0.15, 0.2) is 0 Å². The zero-order valence-corrected chi connectivity index (χ0v) is 34.9. The third kappa shape index (κ3) is 7.89. The Morgan fingerprint density at radius 3 is 2.14 bits per heavy atom. The molecule has 3 heterocycles. The van der Waals surface area contributed by atoms with Crippen LogP contribution in [0.5, 0.6) is 5.75 Å². The largest absolute Gasteiger partial charge is 0.491 e. The van der Waals surface area contributed by atoms with Crippen molar-refractivity contribution in [2.75, 3.05) is 25.1 Å². The summed E-state index contributed by atoms with van der Waals surface area (Å²) in [5.74, 6) is 3.75. The van der Waals surface area contributed by atoms with E-state index < -0.39 is 65.1 Å². The van der Waals surface area contributed by atoms with E-state index in [0.29, 0.717) is 46.5 Å². The highest BCUT2D eigenvalue weighted by Gasteiger charge is 2.74. The molecular weight excluding hydrogens is 795 g/mol. The number of carbonyl (C=O) groups excluding carboxylic acids is 3. The molecule has 0 radical (unpaired) electrons. The first-order valence-electron chi connectivity index (χ1n) is 21.9. The fourth-order valence-corrected chi connectivity index (χ4v) is 10.3. The molecule has 5 N–H and O–H groups in total. The molecule has 2 saturated heterocycles. The van der Waals surface area contributed by atoms with Crippen LogP contribution in [0.15, 0.2) is 133 Å².